The van der Waals surface area contributed by atoms with Crippen molar-refractivity contribution in [2.45, 2.75) is 38.6 Å². The van der Waals surface area contributed by atoms with Crippen molar-refractivity contribution in [3.05, 3.63) is 33.9 Å². The minimum atomic E-state index is -0.465. The topological polar surface area (TPSA) is 84.3 Å². The van der Waals surface area contributed by atoms with Crippen molar-refractivity contribution in [2.75, 3.05) is 11.9 Å². The van der Waals surface area contributed by atoms with E-state index in [2.05, 4.69) is 10.6 Å². The SMILES string of the molecule is CCCNc1ccc(C(=O)NC2(C)CC2)cc1[N+](=O)[O-]. The lowest BCUT2D eigenvalue weighted by atomic mass is 10.1. The van der Waals surface area contributed by atoms with Crippen molar-refractivity contribution in [3.8, 4) is 0 Å². The van der Waals surface area contributed by atoms with Gasteiger partial charge >= 0.3 is 0 Å². The molecule has 0 atom stereocenters. The first kappa shape index (κ1) is 14.3. The number of nitro groups is 1. The van der Waals surface area contributed by atoms with Crippen LogP contribution in [0.4, 0.5) is 11.4 Å². The maximum Gasteiger partial charge on any atom is 0.293 e. The molecule has 0 radical (unpaired) electrons. The van der Waals surface area contributed by atoms with E-state index in [9.17, 15) is 14.9 Å². The fourth-order valence-electron chi connectivity index (χ4n) is 1.89. The average molecular weight is 277 g/mol. The molecule has 1 aliphatic carbocycles. The van der Waals surface area contributed by atoms with Crippen LogP contribution in [0.5, 0.6) is 0 Å². The number of carbonyl (C=O) groups excluding carboxylic acids is 1. The number of rotatable bonds is 6. The maximum absolute atomic E-state index is 12.0. The largest absolute Gasteiger partial charge is 0.380 e. The number of amides is 1. The summed E-state index contributed by atoms with van der Waals surface area (Å²) >= 11 is 0. The van der Waals surface area contributed by atoms with Crippen LogP contribution in [-0.4, -0.2) is 22.9 Å². The molecule has 0 spiro atoms. The highest BCUT2D eigenvalue weighted by molar-refractivity contribution is 5.96. The Labute approximate surface area is 117 Å². The van der Waals surface area contributed by atoms with Gasteiger partial charge in [0.05, 0.1) is 4.92 Å². The fourth-order valence-corrected chi connectivity index (χ4v) is 1.89. The molecule has 1 aromatic carbocycles. The second-order valence-electron chi connectivity index (χ2n) is 5.43. The minimum Gasteiger partial charge on any atom is -0.380 e. The number of hydrogen-bond donors (Lipinski definition) is 2. The second kappa shape index (κ2) is 5.48. The lowest BCUT2D eigenvalue weighted by Gasteiger charge is -2.12. The van der Waals surface area contributed by atoms with Gasteiger partial charge in [0.25, 0.3) is 11.6 Å². The summed E-state index contributed by atoms with van der Waals surface area (Å²) < 4.78 is 0. The average Bonchev–Trinajstić information content (AvgIpc) is 3.13. The van der Waals surface area contributed by atoms with Crippen LogP contribution in [0.1, 0.15) is 43.5 Å². The molecule has 0 unspecified atom stereocenters. The minimum absolute atomic E-state index is 0.0629. The predicted molar refractivity (Wildman–Crippen MR) is 77.0 cm³/mol. The molecule has 6 nitrogen and oxygen atoms in total. The number of nitrogens with one attached hydrogen (secondary N) is 2. The van der Waals surface area contributed by atoms with Gasteiger partial charge in [-0.05, 0) is 38.3 Å². The molecule has 1 fully saturated rings. The lowest BCUT2D eigenvalue weighted by molar-refractivity contribution is -0.384. The van der Waals surface area contributed by atoms with Gasteiger partial charge in [0, 0.05) is 23.7 Å². The normalized spacial score (nSPS) is 15.5. The van der Waals surface area contributed by atoms with E-state index in [1.165, 1.54) is 6.07 Å². The van der Waals surface area contributed by atoms with Gasteiger partial charge in [0.15, 0.2) is 0 Å². The highest BCUT2D eigenvalue weighted by Gasteiger charge is 2.39. The smallest absolute Gasteiger partial charge is 0.293 e. The van der Waals surface area contributed by atoms with Crippen LogP contribution in [0.2, 0.25) is 0 Å². The Morgan fingerprint density at radius 3 is 2.70 bits per heavy atom. The summed E-state index contributed by atoms with van der Waals surface area (Å²) in [6, 6.07) is 4.54. The summed E-state index contributed by atoms with van der Waals surface area (Å²) in [5.74, 6) is -0.254. The summed E-state index contributed by atoms with van der Waals surface area (Å²) in [6.07, 6.45) is 2.78. The van der Waals surface area contributed by atoms with Gasteiger partial charge in [0.1, 0.15) is 5.69 Å². The predicted octanol–water partition coefficient (Wildman–Crippen LogP) is 2.70. The summed E-state index contributed by atoms with van der Waals surface area (Å²) in [6.45, 7) is 4.61. The van der Waals surface area contributed by atoms with Crippen LogP contribution < -0.4 is 10.6 Å². The standard InChI is InChI=1S/C14H19N3O3/c1-3-8-15-11-5-4-10(9-12(11)17(19)20)13(18)16-14(2)6-7-14/h4-5,9,15H,3,6-8H2,1-2H3,(H,16,18). The molecule has 6 heteroatoms. The maximum atomic E-state index is 12.0. The van der Waals surface area contributed by atoms with Gasteiger partial charge in [-0.25, -0.2) is 0 Å². The highest BCUT2D eigenvalue weighted by Crippen LogP contribution is 2.35. The molecule has 0 saturated heterocycles. The van der Waals surface area contributed by atoms with Gasteiger partial charge in [-0.1, -0.05) is 6.92 Å². The van der Waals surface area contributed by atoms with Gasteiger partial charge < -0.3 is 10.6 Å². The van der Waals surface area contributed by atoms with Crippen LogP contribution in [-0.2, 0) is 0 Å². The van der Waals surface area contributed by atoms with E-state index < -0.39 is 4.92 Å². The number of anilines is 1. The molecular formula is C14H19N3O3. The number of nitrogens with zero attached hydrogens (tertiary/aromatic N) is 1. The van der Waals surface area contributed by atoms with E-state index in [4.69, 9.17) is 0 Å². The first-order valence-corrected chi connectivity index (χ1v) is 6.80. The Morgan fingerprint density at radius 1 is 1.45 bits per heavy atom. The van der Waals surface area contributed by atoms with E-state index in [1.54, 1.807) is 12.1 Å². The molecule has 1 aromatic rings. The lowest BCUT2D eigenvalue weighted by Crippen LogP contribution is -2.34. The zero-order valence-electron chi connectivity index (χ0n) is 11.7. The first-order chi connectivity index (χ1) is 9.45. The summed E-state index contributed by atoms with van der Waals surface area (Å²) in [5, 5.41) is 17.0. The molecular weight excluding hydrogens is 258 g/mol. The van der Waals surface area contributed by atoms with Crippen molar-refractivity contribution < 1.29 is 9.72 Å². The van der Waals surface area contributed by atoms with Crippen LogP contribution in [0.3, 0.4) is 0 Å². The molecule has 0 bridgehead atoms. The second-order valence-corrected chi connectivity index (χ2v) is 5.43. The van der Waals surface area contributed by atoms with Crippen molar-refractivity contribution in [1.29, 1.82) is 0 Å². The molecule has 1 aliphatic rings. The summed E-state index contributed by atoms with van der Waals surface area (Å²) in [7, 11) is 0. The van der Waals surface area contributed by atoms with E-state index >= 15 is 0 Å². The van der Waals surface area contributed by atoms with Crippen molar-refractivity contribution in [1.82, 2.24) is 5.32 Å². The van der Waals surface area contributed by atoms with E-state index in [1.807, 2.05) is 13.8 Å². The molecule has 0 aromatic heterocycles. The molecule has 0 aliphatic heterocycles. The Hall–Kier alpha value is -2.11. The van der Waals surface area contributed by atoms with E-state index in [-0.39, 0.29) is 17.1 Å². The van der Waals surface area contributed by atoms with Gasteiger partial charge in [-0.15, -0.1) is 0 Å². The number of carbonyl (C=O) groups is 1. The number of benzene rings is 1. The highest BCUT2D eigenvalue weighted by atomic mass is 16.6. The van der Waals surface area contributed by atoms with Crippen LogP contribution in [0.15, 0.2) is 18.2 Å². The Balaban J connectivity index is 2.20. The van der Waals surface area contributed by atoms with Crippen LogP contribution in [0.25, 0.3) is 0 Å². The summed E-state index contributed by atoms with van der Waals surface area (Å²) in [5.41, 5.74) is 0.579. The van der Waals surface area contributed by atoms with Crippen molar-refractivity contribution >= 4 is 17.3 Å². The van der Waals surface area contributed by atoms with E-state index in [0.717, 1.165) is 19.3 Å². The Bertz CT molecular complexity index is 538. The molecule has 1 amide bonds. The van der Waals surface area contributed by atoms with Gasteiger partial charge in [-0.3, -0.25) is 14.9 Å². The van der Waals surface area contributed by atoms with E-state index in [0.29, 0.717) is 17.8 Å². The zero-order chi connectivity index (χ0) is 14.8. The molecule has 2 rings (SSSR count). The Kier molecular flexibility index (Phi) is 3.92. The number of nitro benzene ring substituents is 1. The first-order valence-electron chi connectivity index (χ1n) is 6.80. The third-order valence-corrected chi connectivity index (χ3v) is 3.44. The molecule has 0 heterocycles. The number of hydrogen-bond acceptors (Lipinski definition) is 4. The Morgan fingerprint density at radius 2 is 2.15 bits per heavy atom. The third kappa shape index (κ3) is 3.26. The molecule has 2 N–H and O–H groups in total. The van der Waals surface area contributed by atoms with Crippen molar-refractivity contribution in [2.24, 2.45) is 0 Å². The van der Waals surface area contributed by atoms with Crippen LogP contribution in [0, 0.1) is 10.1 Å². The van der Waals surface area contributed by atoms with Gasteiger partial charge in [0.2, 0.25) is 0 Å². The quantitative estimate of drug-likeness (QED) is 0.618. The third-order valence-electron chi connectivity index (χ3n) is 3.44. The summed E-state index contributed by atoms with van der Waals surface area (Å²) in [4.78, 5) is 22.7. The zero-order valence-corrected chi connectivity index (χ0v) is 11.7. The molecule has 108 valence electrons. The monoisotopic (exact) mass is 277 g/mol. The molecule has 1 saturated carbocycles. The molecule has 20 heavy (non-hydrogen) atoms. The van der Waals surface area contributed by atoms with Crippen LogP contribution >= 0.6 is 0 Å². The fraction of sp³-hybridized carbons (Fsp3) is 0.500. The van der Waals surface area contributed by atoms with Crippen molar-refractivity contribution in [3.63, 3.8) is 0 Å². The van der Waals surface area contributed by atoms with Gasteiger partial charge in [-0.2, -0.15) is 0 Å².